The van der Waals surface area contributed by atoms with E-state index in [1.165, 1.54) is 17.7 Å². The van der Waals surface area contributed by atoms with E-state index in [-0.39, 0.29) is 11.4 Å². The van der Waals surface area contributed by atoms with Gasteiger partial charge in [0.15, 0.2) is 0 Å². The first-order valence-corrected chi connectivity index (χ1v) is 7.11. The maximum Gasteiger partial charge on any atom is 0.255 e. The van der Waals surface area contributed by atoms with Crippen LogP contribution in [0.1, 0.15) is 11.1 Å². The summed E-state index contributed by atoms with van der Waals surface area (Å²) in [5.74, 6) is -0.317. The number of aryl methyl sites for hydroxylation is 2. The van der Waals surface area contributed by atoms with Crippen molar-refractivity contribution in [2.24, 2.45) is 0 Å². The smallest absolute Gasteiger partial charge is 0.255 e. The number of hydrogen-bond donors (Lipinski definition) is 0. The maximum absolute atomic E-state index is 13.1. The molecule has 0 unspecified atom stereocenters. The van der Waals surface area contributed by atoms with Crippen LogP contribution in [0, 0.1) is 19.7 Å². The third kappa shape index (κ3) is 2.70. The van der Waals surface area contributed by atoms with Gasteiger partial charge in [0.05, 0.1) is 0 Å². The molecule has 110 valence electrons. The fourth-order valence-corrected chi connectivity index (χ4v) is 2.47. The van der Waals surface area contributed by atoms with Gasteiger partial charge in [-0.05, 0) is 49.2 Å². The lowest BCUT2D eigenvalue weighted by molar-refractivity contribution is 0.627. The Kier molecular flexibility index (Phi) is 3.63. The van der Waals surface area contributed by atoms with E-state index >= 15 is 0 Å². The zero-order valence-electron chi connectivity index (χ0n) is 12.5. The minimum atomic E-state index is -0.317. The van der Waals surface area contributed by atoms with Crippen molar-refractivity contribution in [1.82, 2.24) is 4.57 Å². The number of rotatable bonds is 2. The first kappa shape index (κ1) is 14.3. The number of aromatic nitrogens is 1. The summed E-state index contributed by atoms with van der Waals surface area (Å²) in [6.45, 7) is 3.96. The standard InChI is InChI=1S/C19H16FNO/c1-13-3-5-15(6-4-13)18-12-21(19(22)11-14(18)2)17-9-7-16(20)8-10-17/h3-12H,1-2H3. The van der Waals surface area contributed by atoms with Crippen LogP contribution in [0.15, 0.2) is 65.6 Å². The summed E-state index contributed by atoms with van der Waals surface area (Å²) in [5.41, 5.74) is 4.68. The lowest BCUT2D eigenvalue weighted by atomic mass is 10.0. The Morgan fingerprint density at radius 2 is 1.55 bits per heavy atom. The van der Waals surface area contributed by atoms with Gasteiger partial charge in [-0.15, -0.1) is 0 Å². The SMILES string of the molecule is Cc1ccc(-c2cn(-c3ccc(F)cc3)c(=O)cc2C)cc1. The highest BCUT2D eigenvalue weighted by molar-refractivity contribution is 5.66. The van der Waals surface area contributed by atoms with Crippen molar-refractivity contribution in [3.63, 3.8) is 0 Å². The van der Waals surface area contributed by atoms with E-state index in [1.807, 2.05) is 44.3 Å². The molecule has 2 nitrogen and oxygen atoms in total. The van der Waals surface area contributed by atoms with Gasteiger partial charge in [0.25, 0.3) is 5.56 Å². The summed E-state index contributed by atoms with van der Waals surface area (Å²) in [6, 6.07) is 15.7. The van der Waals surface area contributed by atoms with Gasteiger partial charge in [0.1, 0.15) is 5.82 Å². The highest BCUT2D eigenvalue weighted by Gasteiger charge is 2.07. The van der Waals surface area contributed by atoms with Crippen LogP contribution in [0.5, 0.6) is 0 Å². The average molecular weight is 293 g/mol. The van der Waals surface area contributed by atoms with Gasteiger partial charge in [0, 0.05) is 23.5 Å². The molecule has 1 aromatic heterocycles. The number of hydrogen-bond acceptors (Lipinski definition) is 1. The number of pyridine rings is 1. The molecule has 0 saturated heterocycles. The van der Waals surface area contributed by atoms with Gasteiger partial charge >= 0.3 is 0 Å². The fraction of sp³-hybridized carbons (Fsp3) is 0.105. The predicted octanol–water partition coefficient (Wildman–Crippen LogP) is 4.26. The van der Waals surface area contributed by atoms with Crippen LogP contribution in [0.4, 0.5) is 4.39 Å². The summed E-state index contributed by atoms with van der Waals surface area (Å²) >= 11 is 0. The number of halogens is 1. The molecule has 0 fully saturated rings. The highest BCUT2D eigenvalue weighted by atomic mass is 19.1. The Hall–Kier alpha value is -2.68. The van der Waals surface area contributed by atoms with Crippen molar-refractivity contribution in [3.05, 3.63) is 88.1 Å². The third-order valence-corrected chi connectivity index (χ3v) is 3.73. The van der Waals surface area contributed by atoms with Crippen LogP contribution in [-0.2, 0) is 0 Å². The largest absolute Gasteiger partial charge is 0.284 e. The predicted molar refractivity (Wildman–Crippen MR) is 86.9 cm³/mol. The van der Waals surface area contributed by atoms with Crippen molar-refractivity contribution in [3.8, 4) is 16.8 Å². The normalized spacial score (nSPS) is 10.7. The molecule has 0 amide bonds. The topological polar surface area (TPSA) is 22.0 Å². The molecular formula is C19H16FNO. The Balaban J connectivity index is 2.16. The van der Waals surface area contributed by atoms with Crippen LogP contribution in [0.25, 0.3) is 16.8 Å². The van der Waals surface area contributed by atoms with E-state index in [2.05, 4.69) is 0 Å². The number of nitrogens with zero attached hydrogens (tertiary/aromatic N) is 1. The van der Waals surface area contributed by atoms with Gasteiger partial charge in [-0.25, -0.2) is 4.39 Å². The van der Waals surface area contributed by atoms with Crippen LogP contribution >= 0.6 is 0 Å². The molecule has 3 heteroatoms. The molecule has 0 spiro atoms. The molecule has 2 aromatic carbocycles. The number of benzene rings is 2. The molecular weight excluding hydrogens is 277 g/mol. The van der Waals surface area contributed by atoms with Crippen LogP contribution in [0.2, 0.25) is 0 Å². The monoisotopic (exact) mass is 293 g/mol. The van der Waals surface area contributed by atoms with Gasteiger partial charge in [-0.3, -0.25) is 9.36 Å². The van der Waals surface area contributed by atoms with E-state index < -0.39 is 0 Å². The fourth-order valence-electron chi connectivity index (χ4n) is 2.47. The summed E-state index contributed by atoms with van der Waals surface area (Å²) in [4.78, 5) is 12.2. The van der Waals surface area contributed by atoms with Crippen LogP contribution < -0.4 is 5.56 Å². The molecule has 22 heavy (non-hydrogen) atoms. The van der Waals surface area contributed by atoms with Crippen LogP contribution in [0.3, 0.4) is 0 Å². The zero-order valence-corrected chi connectivity index (χ0v) is 12.5. The summed E-state index contributed by atoms with van der Waals surface area (Å²) in [7, 11) is 0. The van der Waals surface area contributed by atoms with Crippen molar-refractivity contribution in [2.75, 3.05) is 0 Å². The van der Waals surface area contributed by atoms with Crippen molar-refractivity contribution in [1.29, 1.82) is 0 Å². The zero-order chi connectivity index (χ0) is 15.7. The second-order valence-electron chi connectivity index (χ2n) is 5.42. The Morgan fingerprint density at radius 1 is 0.909 bits per heavy atom. The quantitative estimate of drug-likeness (QED) is 0.692. The van der Waals surface area contributed by atoms with Crippen molar-refractivity contribution in [2.45, 2.75) is 13.8 Å². The van der Waals surface area contributed by atoms with E-state index in [9.17, 15) is 9.18 Å². The Labute approximate surface area is 128 Å². The highest BCUT2D eigenvalue weighted by Crippen LogP contribution is 2.23. The lowest BCUT2D eigenvalue weighted by Gasteiger charge is -2.12. The molecule has 3 rings (SSSR count). The molecule has 0 saturated carbocycles. The molecule has 0 aliphatic rings. The molecule has 0 N–H and O–H groups in total. The van der Waals surface area contributed by atoms with Gasteiger partial charge < -0.3 is 0 Å². The van der Waals surface area contributed by atoms with Crippen molar-refractivity contribution >= 4 is 0 Å². The minimum absolute atomic E-state index is 0.125. The first-order chi connectivity index (χ1) is 10.5. The molecule has 1 heterocycles. The Morgan fingerprint density at radius 3 is 2.18 bits per heavy atom. The minimum Gasteiger partial charge on any atom is -0.284 e. The molecule has 0 bridgehead atoms. The molecule has 0 radical (unpaired) electrons. The summed E-state index contributed by atoms with van der Waals surface area (Å²) < 4.78 is 14.6. The maximum atomic E-state index is 13.1. The second kappa shape index (κ2) is 5.60. The molecule has 0 aliphatic carbocycles. The van der Waals surface area contributed by atoms with E-state index in [0.717, 1.165) is 16.7 Å². The molecule has 3 aromatic rings. The van der Waals surface area contributed by atoms with Crippen LogP contribution in [-0.4, -0.2) is 4.57 Å². The molecule has 0 atom stereocenters. The first-order valence-electron chi connectivity index (χ1n) is 7.11. The van der Waals surface area contributed by atoms with Crippen molar-refractivity contribution < 1.29 is 4.39 Å². The van der Waals surface area contributed by atoms with Gasteiger partial charge in [0.2, 0.25) is 0 Å². The Bertz CT molecular complexity index is 861. The van der Waals surface area contributed by atoms with E-state index in [1.54, 1.807) is 22.8 Å². The van der Waals surface area contributed by atoms with E-state index in [4.69, 9.17) is 0 Å². The van der Waals surface area contributed by atoms with Gasteiger partial charge in [-0.1, -0.05) is 29.8 Å². The second-order valence-corrected chi connectivity index (χ2v) is 5.42. The van der Waals surface area contributed by atoms with Gasteiger partial charge in [-0.2, -0.15) is 0 Å². The lowest BCUT2D eigenvalue weighted by Crippen LogP contribution is -2.17. The average Bonchev–Trinajstić information content (AvgIpc) is 2.50. The summed E-state index contributed by atoms with van der Waals surface area (Å²) in [5, 5.41) is 0. The van der Waals surface area contributed by atoms with E-state index in [0.29, 0.717) is 5.69 Å². The summed E-state index contributed by atoms with van der Waals surface area (Å²) in [6.07, 6.45) is 1.82. The third-order valence-electron chi connectivity index (χ3n) is 3.73. The molecule has 0 aliphatic heterocycles.